The summed E-state index contributed by atoms with van der Waals surface area (Å²) >= 11 is 0. The molecule has 0 heterocycles. The minimum absolute atomic E-state index is 0.157. The molecule has 0 amide bonds. The van der Waals surface area contributed by atoms with Crippen LogP contribution in [-0.2, 0) is 14.0 Å². The third-order valence-corrected chi connectivity index (χ3v) is 8.40. The van der Waals surface area contributed by atoms with Crippen LogP contribution in [0.1, 0.15) is 48.0 Å². The SMILES string of the molecule is CCOC(=O)CC(C)(C)NCCO[Si](C)(C)C(C)(C)C. The summed E-state index contributed by atoms with van der Waals surface area (Å²) in [5.41, 5.74) is -0.261. The smallest absolute Gasteiger partial charge is 0.307 e. The number of ether oxygens (including phenoxy) is 1. The van der Waals surface area contributed by atoms with Gasteiger partial charge in [-0.1, -0.05) is 20.8 Å². The Labute approximate surface area is 125 Å². The van der Waals surface area contributed by atoms with Gasteiger partial charge < -0.3 is 14.5 Å². The van der Waals surface area contributed by atoms with Crippen molar-refractivity contribution in [2.24, 2.45) is 0 Å². The van der Waals surface area contributed by atoms with Crippen molar-refractivity contribution in [2.45, 2.75) is 71.6 Å². The highest BCUT2D eigenvalue weighted by atomic mass is 28.4. The van der Waals surface area contributed by atoms with Gasteiger partial charge in [0, 0.05) is 18.7 Å². The molecule has 0 spiro atoms. The Morgan fingerprint density at radius 2 is 1.70 bits per heavy atom. The first-order chi connectivity index (χ1) is 8.91. The van der Waals surface area contributed by atoms with E-state index in [0.29, 0.717) is 19.6 Å². The van der Waals surface area contributed by atoms with Gasteiger partial charge >= 0.3 is 5.97 Å². The first-order valence-electron chi connectivity index (χ1n) is 7.46. The molecule has 4 nitrogen and oxygen atoms in total. The minimum Gasteiger partial charge on any atom is -0.466 e. The molecule has 0 saturated heterocycles. The zero-order valence-corrected chi connectivity index (χ0v) is 15.6. The van der Waals surface area contributed by atoms with Crippen LogP contribution in [0.3, 0.4) is 0 Å². The molecule has 0 aromatic heterocycles. The van der Waals surface area contributed by atoms with E-state index in [2.05, 4.69) is 39.2 Å². The fraction of sp³-hybridized carbons (Fsp3) is 0.933. The third kappa shape index (κ3) is 7.41. The quantitative estimate of drug-likeness (QED) is 0.424. The maximum Gasteiger partial charge on any atom is 0.307 e. The molecule has 5 heteroatoms. The fourth-order valence-corrected chi connectivity index (χ4v) is 2.59. The predicted octanol–water partition coefficient (Wildman–Crippen LogP) is 3.33. The fourth-order valence-electron chi connectivity index (χ4n) is 1.55. The lowest BCUT2D eigenvalue weighted by Crippen LogP contribution is -2.46. The van der Waals surface area contributed by atoms with E-state index in [1.165, 1.54) is 0 Å². The highest BCUT2D eigenvalue weighted by Gasteiger charge is 2.37. The van der Waals surface area contributed by atoms with E-state index in [-0.39, 0.29) is 16.5 Å². The van der Waals surface area contributed by atoms with E-state index in [1.54, 1.807) is 0 Å². The van der Waals surface area contributed by atoms with Crippen LogP contribution < -0.4 is 5.32 Å². The van der Waals surface area contributed by atoms with Crippen molar-refractivity contribution in [3.8, 4) is 0 Å². The van der Waals surface area contributed by atoms with Gasteiger partial charge in [0.25, 0.3) is 0 Å². The average molecular weight is 304 g/mol. The second kappa shape index (κ2) is 7.57. The minimum atomic E-state index is -1.68. The molecule has 0 atom stereocenters. The molecule has 20 heavy (non-hydrogen) atoms. The first kappa shape index (κ1) is 19.6. The van der Waals surface area contributed by atoms with Crippen LogP contribution in [0.4, 0.5) is 0 Å². The lowest BCUT2D eigenvalue weighted by Gasteiger charge is -2.36. The Hall–Kier alpha value is -0.393. The molecule has 0 saturated carbocycles. The highest BCUT2D eigenvalue weighted by Crippen LogP contribution is 2.36. The molecule has 0 fully saturated rings. The monoisotopic (exact) mass is 303 g/mol. The molecule has 0 rings (SSSR count). The van der Waals surface area contributed by atoms with Crippen LogP contribution >= 0.6 is 0 Å². The van der Waals surface area contributed by atoms with Gasteiger partial charge in [0.2, 0.25) is 0 Å². The van der Waals surface area contributed by atoms with Crippen molar-refractivity contribution in [3.63, 3.8) is 0 Å². The topological polar surface area (TPSA) is 47.6 Å². The summed E-state index contributed by atoms with van der Waals surface area (Å²) in [5, 5.41) is 3.60. The number of hydrogen-bond acceptors (Lipinski definition) is 4. The lowest BCUT2D eigenvalue weighted by molar-refractivity contribution is -0.144. The number of hydrogen-bond donors (Lipinski definition) is 1. The van der Waals surface area contributed by atoms with Crippen molar-refractivity contribution in [1.82, 2.24) is 5.32 Å². The van der Waals surface area contributed by atoms with Gasteiger partial charge in [0.05, 0.1) is 13.0 Å². The molecule has 1 N–H and O–H groups in total. The Bertz CT molecular complexity index is 309. The Balaban J connectivity index is 4.09. The first-order valence-corrected chi connectivity index (χ1v) is 10.4. The Morgan fingerprint density at radius 1 is 1.15 bits per heavy atom. The van der Waals surface area contributed by atoms with Gasteiger partial charge in [-0.25, -0.2) is 0 Å². The van der Waals surface area contributed by atoms with Crippen LogP contribution in [0.25, 0.3) is 0 Å². The maximum absolute atomic E-state index is 11.5. The normalized spacial score (nSPS) is 13.4. The number of rotatable bonds is 8. The molecule has 0 aliphatic rings. The van der Waals surface area contributed by atoms with Gasteiger partial charge in [0.1, 0.15) is 0 Å². The summed E-state index contributed by atoms with van der Waals surface area (Å²) in [7, 11) is -1.68. The predicted molar refractivity (Wildman–Crippen MR) is 86.5 cm³/mol. The lowest BCUT2D eigenvalue weighted by atomic mass is 10.0. The van der Waals surface area contributed by atoms with Gasteiger partial charge in [-0.05, 0) is 38.9 Å². The average Bonchev–Trinajstić information content (AvgIpc) is 2.22. The summed E-state index contributed by atoms with van der Waals surface area (Å²) in [5.74, 6) is -0.157. The largest absolute Gasteiger partial charge is 0.466 e. The van der Waals surface area contributed by atoms with E-state index in [4.69, 9.17) is 9.16 Å². The van der Waals surface area contributed by atoms with Crippen molar-refractivity contribution >= 4 is 14.3 Å². The van der Waals surface area contributed by atoms with Crippen molar-refractivity contribution in [1.29, 1.82) is 0 Å². The summed E-state index contributed by atoms with van der Waals surface area (Å²) in [6.07, 6.45) is 0.376. The molecule has 0 aromatic carbocycles. The molecular weight excluding hydrogens is 270 g/mol. The molecule has 0 bridgehead atoms. The maximum atomic E-state index is 11.5. The molecular formula is C15H33NO3Si. The zero-order valence-electron chi connectivity index (χ0n) is 14.6. The van der Waals surface area contributed by atoms with Crippen LogP contribution in [0.5, 0.6) is 0 Å². The number of carbonyl (C=O) groups excluding carboxylic acids is 1. The molecule has 0 radical (unpaired) electrons. The second-order valence-electron chi connectivity index (χ2n) is 7.40. The summed E-state index contributed by atoms with van der Waals surface area (Å²) in [6.45, 7) is 18.9. The van der Waals surface area contributed by atoms with Gasteiger partial charge in [-0.15, -0.1) is 0 Å². The zero-order chi connectivity index (χ0) is 16.0. The van der Waals surface area contributed by atoms with Gasteiger partial charge in [0.15, 0.2) is 8.32 Å². The number of esters is 1. The van der Waals surface area contributed by atoms with E-state index in [1.807, 2.05) is 20.8 Å². The van der Waals surface area contributed by atoms with Crippen LogP contribution in [0.15, 0.2) is 0 Å². The molecule has 0 aromatic rings. The van der Waals surface area contributed by atoms with Gasteiger partial charge in [-0.2, -0.15) is 0 Å². The van der Waals surface area contributed by atoms with Crippen molar-refractivity contribution in [3.05, 3.63) is 0 Å². The van der Waals surface area contributed by atoms with E-state index < -0.39 is 8.32 Å². The van der Waals surface area contributed by atoms with E-state index in [0.717, 1.165) is 6.54 Å². The van der Waals surface area contributed by atoms with Crippen molar-refractivity contribution < 1.29 is 14.0 Å². The Kier molecular flexibility index (Phi) is 7.42. The van der Waals surface area contributed by atoms with E-state index in [9.17, 15) is 4.79 Å². The Morgan fingerprint density at radius 3 is 2.15 bits per heavy atom. The van der Waals surface area contributed by atoms with E-state index >= 15 is 0 Å². The highest BCUT2D eigenvalue weighted by molar-refractivity contribution is 6.74. The molecule has 0 unspecified atom stereocenters. The third-order valence-electron chi connectivity index (χ3n) is 3.87. The number of nitrogens with one attached hydrogen (secondary N) is 1. The van der Waals surface area contributed by atoms with Crippen LogP contribution in [0, 0.1) is 0 Å². The van der Waals surface area contributed by atoms with Crippen molar-refractivity contribution in [2.75, 3.05) is 19.8 Å². The molecule has 0 aliphatic heterocycles. The van der Waals surface area contributed by atoms with Gasteiger partial charge in [-0.3, -0.25) is 4.79 Å². The summed E-state index contributed by atoms with van der Waals surface area (Å²) in [6, 6.07) is 0. The number of carbonyl (C=O) groups is 1. The molecule has 120 valence electrons. The van der Waals surface area contributed by atoms with Crippen LogP contribution in [0.2, 0.25) is 18.1 Å². The standard InChI is InChI=1S/C15H33NO3Si/c1-9-18-13(17)12-15(5,6)16-10-11-19-20(7,8)14(2,3)4/h16H,9-12H2,1-8H3. The second-order valence-corrected chi connectivity index (χ2v) is 12.2. The van der Waals surface area contributed by atoms with Crippen LogP contribution in [-0.4, -0.2) is 39.6 Å². The molecule has 0 aliphatic carbocycles. The summed E-state index contributed by atoms with van der Waals surface area (Å²) in [4.78, 5) is 11.5. The summed E-state index contributed by atoms with van der Waals surface area (Å²) < 4.78 is 11.1.